The molecule has 1 rings (SSSR count). The zero-order valence-electron chi connectivity index (χ0n) is 5.05. The molecule has 0 radical (unpaired) electrons. The van der Waals surface area contributed by atoms with E-state index >= 15 is 0 Å². The molecule has 0 fully saturated rings. The topological polar surface area (TPSA) is 30.0 Å². The number of halogens is 3. The Morgan fingerprint density at radius 1 is 1.55 bits per heavy atom. The highest BCUT2D eigenvalue weighted by molar-refractivity contribution is 7.07. The third kappa shape index (κ3) is 1.76. The second-order valence-electron chi connectivity index (χ2n) is 1.73. The van der Waals surface area contributed by atoms with Gasteiger partial charge in [0.1, 0.15) is 0 Å². The van der Waals surface area contributed by atoms with Crippen molar-refractivity contribution in [2.24, 2.45) is 0 Å². The van der Waals surface area contributed by atoms with Crippen molar-refractivity contribution in [3.8, 4) is 0 Å². The van der Waals surface area contributed by atoms with Gasteiger partial charge >= 0.3 is 6.18 Å². The van der Waals surface area contributed by atoms with Crippen LogP contribution in [0.2, 0.25) is 0 Å². The Labute approximate surface area is 63.8 Å². The number of alkyl halides is 3. The Kier molecular flexibility index (Phi) is 1.95. The Hall–Kier alpha value is -0.910. The second kappa shape index (κ2) is 2.61. The van der Waals surface area contributed by atoms with Gasteiger partial charge in [-0.1, -0.05) is 0 Å². The minimum Gasteiger partial charge on any atom is -0.297 e. The van der Waals surface area contributed by atoms with Gasteiger partial charge < -0.3 is 0 Å². The first-order valence-corrected chi connectivity index (χ1v) is 3.30. The summed E-state index contributed by atoms with van der Waals surface area (Å²) in [6.07, 6.45) is -4.11. The lowest BCUT2D eigenvalue weighted by Gasteiger charge is -1.98. The van der Waals surface area contributed by atoms with Crippen molar-refractivity contribution in [1.82, 2.24) is 4.37 Å². The van der Waals surface area contributed by atoms with Crippen LogP contribution < -0.4 is 0 Å². The molecule has 2 nitrogen and oxygen atoms in total. The molecule has 0 atom stereocenters. The molecule has 1 aromatic heterocycles. The molecule has 1 heterocycles. The molecule has 0 spiro atoms. The fourth-order valence-corrected chi connectivity index (χ4v) is 1.05. The van der Waals surface area contributed by atoms with E-state index in [-0.39, 0.29) is 4.88 Å². The number of rotatable bonds is 1. The van der Waals surface area contributed by atoms with Crippen LogP contribution in [0.4, 0.5) is 13.2 Å². The lowest BCUT2D eigenvalue weighted by atomic mass is 10.4. The summed E-state index contributed by atoms with van der Waals surface area (Å²) in [6, 6.07) is 0.720. The largest absolute Gasteiger partial charge is 0.434 e. The molecule has 0 bridgehead atoms. The Bertz CT molecular complexity index is 267. The van der Waals surface area contributed by atoms with E-state index < -0.39 is 11.9 Å². The molecule has 0 N–H and O–H groups in total. The molecule has 0 aliphatic heterocycles. The monoisotopic (exact) mass is 181 g/mol. The first-order chi connectivity index (χ1) is 5.04. The molecule has 0 saturated heterocycles. The van der Waals surface area contributed by atoms with E-state index in [0.717, 1.165) is 6.07 Å². The predicted molar refractivity (Wildman–Crippen MR) is 32.5 cm³/mol. The van der Waals surface area contributed by atoms with Crippen molar-refractivity contribution < 1.29 is 18.0 Å². The van der Waals surface area contributed by atoms with Crippen LogP contribution in [-0.2, 0) is 6.18 Å². The number of carbonyl (C=O) groups is 1. The molecular formula is C5H2F3NOS. The van der Waals surface area contributed by atoms with Crippen LogP contribution in [0.5, 0.6) is 0 Å². The van der Waals surface area contributed by atoms with E-state index in [0.29, 0.717) is 17.8 Å². The van der Waals surface area contributed by atoms with Crippen LogP contribution in [0.25, 0.3) is 0 Å². The lowest BCUT2D eigenvalue weighted by molar-refractivity contribution is -0.140. The van der Waals surface area contributed by atoms with Crippen LogP contribution in [0.3, 0.4) is 0 Å². The molecule has 0 aromatic carbocycles. The van der Waals surface area contributed by atoms with Gasteiger partial charge in [0, 0.05) is 0 Å². The molecule has 1 aromatic rings. The molecule has 0 aliphatic carbocycles. The highest BCUT2D eigenvalue weighted by Gasteiger charge is 2.33. The minimum atomic E-state index is -4.45. The number of hydrogen-bond acceptors (Lipinski definition) is 3. The van der Waals surface area contributed by atoms with Gasteiger partial charge in [0.2, 0.25) is 0 Å². The maximum Gasteiger partial charge on any atom is 0.434 e. The highest BCUT2D eigenvalue weighted by atomic mass is 32.1. The summed E-state index contributed by atoms with van der Waals surface area (Å²) in [5, 5.41) is 0. The third-order valence-electron chi connectivity index (χ3n) is 0.935. The number of hydrogen-bond donors (Lipinski definition) is 0. The van der Waals surface area contributed by atoms with Gasteiger partial charge in [-0.05, 0) is 17.6 Å². The van der Waals surface area contributed by atoms with Crippen molar-refractivity contribution in [3.63, 3.8) is 0 Å². The van der Waals surface area contributed by atoms with E-state index in [1.54, 1.807) is 0 Å². The molecular weight excluding hydrogens is 179 g/mol. The SMILES string of the molecule is O=Cc1cc(C(F)(F)F)ns1. The summed E-state index contributed by atoms with van der Waals surface area (Å²) >= 11 is 0.538. The van der Waals surface area contributed by atoms with Crippen LogP contribution in [0.1, 0.15) is 15.4 Å². The van der Waals surface area contributed by atoms with E-state index in [4.69, 9.17) is 0 Å². The first-order valence-electron chi connectivity index (χ1n) is 2.53. The average Bonchev–Trinajstić information content (AvgIpc) is 2.32. The maximum atomic E-state index is 11.8. The number of nitrogens with zero attached hydrogens (tertiary/aromatic N) is 1. The van der Waals surface area contributed by atoms with Crippen LogP contribution >= 0.6 is 11.5 Å². The predicted octanol–water partition coefficient (Wildman–Crippen LogP) is 1.97. The fraction of sp³-hybridized carbons (Fsp3) is 0.200. The summed E-state index contributed by atoms with van der Waals surface area (Å²) in [6.45, 7) is 0. The first kappa shape index (κ1) is 8.19. The van der Waals surface area contributed by atoms with Crippen molar-refractivity contribution in [2.75, 3.05) is 0 Å². The molecule has 0 saturated carbocycles. The summed E-state index contributed by atoms with van der Waals surface area (Å²) in [5.74, 6) is 0. The van der Waals surface area contributed by atoms with Crippen LogP contribution in [0.15, 0.2) is 6.07 Å². The normalized spacial score (nSPS) is 11.5. The zero-order chi connectivity index (χ0) is 8.48. The third-order valence-corrected chi connectivity index (χ3v) is 1.65. The van der Waals surface area contributed by atoms with Gasteiger partial charge in [0.25, 0.3) is 0 Å². The van der Waals surface area contributed by atoms with Gasteiger partial charge in [0.05, 0.1) is 4.88 Å². The van der Waals surface area contributed by atoms with Gasteiger partial charge in [-0.3, -0.25) is 4.79 Å². The molecule has 11 heavy (non-hydrogen) atoms. The average molecular weight is 181 g/mol. The molecule has 6 heteroatoms. The van der Waals surface area contributed by atoms with Crippen molar-refractivity contribution in [1.29, 1.82) is 0 Å². The molecule has 0 aliphatic rings. The summed E-state index contributed by atoms with van der Waals surface area (Å²) in [5.41, 5.74) is -1.01. The maximum absolute atomic E-state index is 11.8. The van der Waals surface area contributed by atoms with Crippen LogP contribution in [0, 0.1) is 0 Å². The zero-order valence-corrected chi connectivity index (χ0v) is 5.87. The van der Waals surface area contributed by atoms with Crippen LogP contribution in [-0.4, -0.2) is 10.7 Å². The number of aldehydes is 1. The molecule has 0 amide bonds. The van der Waals surface area contributed by atoms with Crippen molar-refractivity contribution in [3.05, 3.63) is 16.6 Å². The highest BCUT2D eigenvalue weighted by Crippen LogP contribution is 2.29. The standard InChI is InChI=1S/C5H2F3NOS/c6-5(7,8)4-1-3(2-10)11-9-4/h1-2H. The number of aromatic nitrogens is 1. The fourth-order valence-electron chi connectivity index (χ4n) is 0.478. The van der Waals surface area contributed by atoms with Crippen molar-refractivity contribution >= 4 is 17.8 Å². The number of carbonyl (C=O) groups excluding carboxylic acids is 1. The summed E-state index contributed by atoms with van der Waals surface area (Å²) in [7, 11) is 0. The van der Waals surface area contributed by atoms with E-state index in [2.05, 4.69) is 4.37 Å². The minimum absolute atomic E-state index is 0.0164. The van der Waals surface area contributed by atoms with Gasteiger partial charge in [-0.2, -0.15) is 17.5 Å². The lowest BCUT2D eigenvalue weighted by Crippen LogP contribution is -2.04. The summed E-state index contributed by atoms with van der Waals surface area (Å²) in [4.78, 5) is 9.93. The molecule has 0 unspecified atom stereocenters. The Morgan fingerprint density at radius 2 is 2.18 bits per heavy atom. The van der Waals surface area contributed by atoms with E-state index in [9.17, 15) is 18.0 Å². The smallest absolute Gasteiger partial charge is 0.297 e. The van der Waals surface area contributed by atoms with E-state index in [1.165, 1.54) is 0 Å². The quantitative estimate of drug-likeness (QED) is 0.620. The Balaban J connectivity index is 2.98. The van der Waals surface area contributed by atoms with Gasteiger partial charge in [0.15, 0.2) is 12.0 Å². The van der Waals surface area contributed by atoms with E-state index in [1.807, 2.05) is 0 Å². The van der Waals surface area contributed by atoms with Gasteiger partial charge in [-0.15, -0.1) is 0 Å². The Morgan fingerprint density at radius 3 is 2.45 bits per heavy atom. The summed E-state index contributed by atoms with van der Waals surface area (Å²) < 4.78 is 38.3. The van der Waals surface area contributed by atoms with Gasteiger partial charge in [-0.25, -0.2) is 0 Å². The van der Waals surface area contributed by atoms with Crippen molar-refractivity contribution in [2.45, 2.75) is 6.18 Å². The molecule has 60 valence electrons. The second-order valence-corrected chi connectivity index (χ2v) is 2.57.